The lowest BCUT2D eigenvalue weighted by molar-refractivity contribution is -0.120. The van der Waals surface area contributed by atoms with Crippen LogP contribution in [0.5, 0.6) is 0 Å². The number of hydrogen-bond donors (Lipinski definition) is 1. The molecule has 0 aliphatic rings. The van der Waals surface area contributed by atoms with Crippen LogP contribution in [0.15, 0.2) is 70.4 Å². The van der Waals surface area contributed by atoms with Gasteiger partial charge in [-0.3, -0.25) is 9.78 Å². The van der Waals surface area contributed by atoms with E-state index in [4.69, 9.17) is 0 Å². The molecule has 0 aliphatic carbocycles. The lowest BCUT2D eigenvalue weighted by Crippen LogP contribution is -2.23. The first-order chi connectivity index (χ1) is 11.8. The maximum absolute atomic E-state index is 12.0. The van der Waals surface area contributed by atoms with Crippen LogP contribution >= 0.6 is 23.1 Å². The van der Waals surface area contributed by atoms with Gasteiger partial charge in [0.2, 0.25) is 5.91 Å². The van der Waals surface area contributed by atoms with Crippen molar-refractivity contribution in [3.05, 3.63) is 71.1 Å². The van der Waals surface area contributed by atoms with Crippen molar-refractivity contribution in [3.63, 3.8) is 0 Å². The van der Waals surface area contributed by atoms with E-state index in [1.54, 1.807) is 29.3 Å². The Hall–Kier alpha value is -2.11. The molecule has 0 spiro atoms. The molecule has 2 aromatic heterocycles. The van der Waals surface area contributed by atoms with Crippen molar-refractivity contribution in [3.8, 4) is 11.3 Å². The van der Waals surface area contributed by atoms with Crippen LogP contribution in [-0.2, 0) is 11.3 Å². The molecule has 0 radical (unpaired) electrons. The van der Waals surface area contributed by atoms with E-state index in [0.717, 1.165) is 22.6 Å². The van der Waals surface area contributed by atoms with E-state index in [2.05, 4.69) is 33.9 Å². The first kappa shape index (κ1) is 16.7. The van der Waals surface area contributed by atoms with E-state index >= 15 is 0 Å². The summed E-state index contributed by atoms with van der Waals surface area (Å²) in [6, 6.07) is 16.2. The number of benzene rings is 1. The van der Waals surface area contributed by atoms with Gasteiger partial charge in [-0.25, -0.2) is 0 Å². The fraction of sp³-hybridized carbons (Fsp3) is 0.158. The Morgan fingerprint density at radius 3 is 2.83 bits per heavy atom. The van der Waals surface area contributed by atoms with Crippen molar-refractivity contribution in [1.82, 2.24) is 10.3 Å². The zero-order valence-electron chi connectivity index (χ0n) is 13.1. The van der Waals surface area contributed by atoms with Crippen molar-refractivity contribution < 1.29 is 4.79 Å². The predicted molar refractivity (Wildman–Crippen MR) is 101 cm³/mol. The summed E-state index contributed by atoms with van der Waals surface area (Å²) in [5.41, 5.74) is 3.13. The van der Waals surface area contributed by atoms with E-state index in [9.17, 15) is 4.79 Å². The van der Waals surface area contributed by atoms with Crippen LogP contribution in [0.4, 0.5) is 0 Å². The second-order valence-corrected chi connectivity index (χ2v) is 7.20. The lowest BCUT2D eigenvalue weighted by atomic mass is 10.1. The number of carbonyl (C=O) groups excluding carboxylic acids is 1. The number of thiophene rings is 1. The molecule has 5 heteroatoms. The molecule has 1 N–H and O–H groups in total. The number of nitrogens with zero attached hydrogens (tertiary/aromatic N) is 1. The molecular formula is C19H18N2OS2. The highest BCUT2D eigenvalue weighted by molar-refractivity contribution is 7.99. The van der Waals surface area contributed by atoms with E-state index < -0.39 is 0 Å². The molecule has 0 aliphatic heterocycles. The zero-order chi connectivity index (χ0) is 16.6. The summed E-state index contributed by atoms with van der Waals surface area (Å²) in [6.45, 7) is 0.536. The van der Waals surface area contributed by atoms with Gasteiger partial charge in [-0.05, 0) is 41.3 Å². The molecule has 24 heavy (non-hydrogen) atoms. The van der Waals surface area contributed by atoms with Gasteiger partial charge in [-0.15, -0.1) is 11.8 Å². The number of rotatable bonds is 7. The zero-order valence-corrected chi connectivity index (χ0v) is 14.8. The number of aromatic nitrogens is 1. The summed E-state index contributed by atoms with van der Waals surface area (Å²) in [6.07, 6.45) is 2.31. The first-order valence-electron chi connectivity index (χ1n) is 7.73. The first-order valence-corrected chi connectivity index (χ1v) is 9.66. The van der Waals surface area contributed by atoms with Gasteiger partial charge in [-0.2, -0.15) is 11.3 Å². The monoisotopic (exact) mass is 354 g/mol. The number of thioether (sulfide) groups is 1. The standard InChI is InChI=1S/C19H18N2OS2/c22-19(8-11-24-17-4-2-1-3-5-17)21-13-15-6-9-20-18(12-15)16-7-10-23-14-16/h1-7,9-10,12,14H,8,11,13H2,(H,21,22). The molecule has 1 amide bonds. The maximum Gasteiger partial charge on any atom is 0.221 e. The molecule has 0 fully saturated rings. The van der Waals surface area contributed by atoms with Gasteiger partial charge in [0.15, 0.2) is 0 Å². The minimum Gasteiger partial charge on any atom is -0.352 e. The van der Waals surface area contributed by atoms with Crippen LogP contribution in [0.3, 0.4) is 0 Å². The molecule has 3 aromatic rings. The van der Waals surface area contributed by atoms with Gasteiger partial charge < -0.3 is 5.32 Å². The minimum atomic E-state index is 0.0762. The minimum absolute atomic E-state index is 0.0762. The second kappa shape index (κ2) is 8.66. The van der Waals surface area contributed by atoms with Crippen molar-refractivity contribution in [2.45, 2.75) is 17.9 Å². The molecule has 0 bridgehead atoms. The van der Waals surface area contributed by atoms with Crippen LogP contribution in [0.25, 0.3) is 11.3 Å². The van der Waals surface area contributed by atoms with Gasteiger partial charge in [0, 0.05) is 40.8 Å². The van der Waals surface area contributed by atoms with E-state index in [1.165, 1.54) is 4.90 Å². The van der Waals surface area contributed by atoms with Gasteiger partial charge >= 0.3 is 0 Å². The summed E-state index contributed by atoms with van der Waals surface area (Å²) >= 11 is 3.36. The number of nitrogens with one attached hydrogen (secondary N) is 1. The van der Waals surface area contributed by atoms with Crippen molar-refractivity contribution in [2.24, 2.45) is 0 Å². The number of amides is 1. The molecule has 0 saturated heterocycles. The van der Waals surface area contributed by atoms with Crippen LogP contribution in [0.2, 0.25) is 0 Å². The Morgan fingerprint density at radius 2 is 2.04 bits per heavy atom. The third kappa shape index (κ3) is 4.94. The highest BCUT2D eigenvalue weighted by atomic mass is 32.2. The summed E-state index contributed by atoms with van der Waals surface area (Å²) in [4.78, 5) is 17.6. The molecule has 122 valence electrons. The summed E-state index contributed by atoms with van der Waals surface area (Å²) in [5, 5.41) is 7.09. The van der Waals surface area contributed by atoms with Crippen LogP contribution in [-0.4, -0.2) is 16.6 Å². The summed E-state index contributed by atoms with van der Waals surface area (Å²) in [7, 11) is 0. The summed E-state index contributed by atoms with van der Waals surface area (Å²) < 4.78 is 0. The van der Waals surface area contributed by atoms with Crippen LogP contribution < -0.4 is 5.32 Å². The number of pyridine rings is 1. The van der Waals surface area contributed by atoms with E-state index in [0.29, 0.717) is 13.0 Å². The predicted octanol–water partition coefficient (Wildman–Crippen LogP) is 4.61. The van der Waals surface area contributed by atoms with Crippen molar-refractivity contribution >= 4 is 29.0 Å². The number of hydrogen-bond acceptors (Lipinski definition) is 4. The van der Waals surface area contributed by atoms with Gasteiger partial charge in [0.1, 0.15) is 0 Å². The van der Waals surface area contributed by atoms with E-state index in [1.807, 2.05) is 35.7 Å². The SMILES string of the molecule is O=C(CCSc1ccccc1)NCc1ccnc(-c2ccsc2)c1. The Kier molecular flexibility index (Phi) is 6.04. The second-order valence-electron chi connectivity index (χ2n) is 5.25. The fourth-order valence-electron chi connectivity index (χ4n) is 2.22. The average Bonchev–Trinajstić information content (AvgIpc) is 3.16. The molecule has 0 atom stereocenters. The molecule has 2 heterocycles. The topological polar surface area (TPSA) is 42.0 Å². The fourth-order valence-corrected chi connectivity index (χ4v) is 3.74. The highest BCUT2D eigenvalue weighted by Gasteiger charge is 2.04. The Bertz CT molecular complexity index is 773. The maximum atomic E-state index is 12.0. The van der Waals surface area contributed by atoms with Gasteiger partial charge in [0.05, 0.1) is 5.69 Å². The Morgan fingerprint density at radius 1 is 1.17 bits per heavy atom. The smallest absolute Gasteiger partial charge is 0.221 e. The van der Waals surface area contributed by atoms with Crippen molar-refractivity contribution in [2.75, 3.05) is 5.75 Å². The third-order valence-electron chi connectivity index (χ3n) is 3.47. The molecule has 3 nitrogen and oxygen atoms in total. The average molecular weight is 355 g/mol. The van der Waals surface area contributed by atoms with Crippen LogP contribution in [0, 0.1) is 0 Å². The largest absolute Gasteiger partial charge is 0.352 e. The lowest BCUT2D eigenvalue weighted by Gasteiger charge is -2.07. The van der Waals surface area contributed by atoms with E-state index in [-0.39, 0.29) is 5.91 Å². The molecular weight excluding hydrogens is 336 g/mol. The normalized spacial score (nSPS) is 10.5. The van der Waals surface area contributed by atoms with Gasteiger partial charge in [-0.1, -0.05) is 18.2 Å². The third-order valence-corrected chi connectivity index (χ3v) is 5.17. The molecule has 0 unspecified atom stereocenters. The summed E-state index contributed by atoms with van der Waals surface area (Å²) in [5.74, 6) is 0.860. The molecule has 0 saturated carbocycles. The Balaban J connectivity index is 1.45. The van der Waals surface area contributed by atoms with Crippen molar-refractivity contribution in [1.29, 1.82) is 0 Å². The quantitative estimate of drug-likeness (QED) is 0.630. The van der Waals surface area contributed by atoms with Gasteiger partial charge in [0.25, 0.3) is 0 Å². The van der Waals surface area contributed by atoms with Crippen LogP contribution in [0.1, 0.15) is 12.0 Å². The highest BCUT2D eigenvalue weighted by Crippen LogP contribution is 2.20. The number of carbonyl (C=O) groups is 1. The molecule has 1 aromatic carbocycles. The molecule has 3 rings (SSSR count). The Labute approximate surface area is 150 Å².